The molecule has 2 aromatic carbocycles. The highest BCUT2D eigenvalue weighted by Crippen LogP contribution is 2.25. The molecule has 0 fully saturated rings. The zero-order valence-electron chi connectivity index (χ0n) is 18.7. The lowest BCUT2D eigenvalue weighted by Gasteiger charge is -2.27. The summed E-state index contributed by atoms with van der Waals surface area (Å²) in [5.41, 5.74) is 3.36. The second-order valence-corrected chi connectivity index (χ2v) is 8.75. The van der Waals surface area contributed by atoms with E-state index in [0.29, 0.717) is 36.0 Å². The summed E-state index contributed by atoms with van der Waals surface area (Å²) in [4.78, 5) is 36.5. The topological polar surface area (TPSA) is 61.7 Å². The van der Waals surface area contributed by atoms with Gasteiger partial charge in [-0.1, -0.05) is 29.8 Å². The molecule has 0 atom stereocenters. The van der Waals surface area contributed by atoms with Crippen LogP contribution in [0, 0.1) is 0 Å². The number of amides is 2. The minimum absolute atomic E-state index is 0.00413. The first-order chi connectivity index (χ1) is 15.3. The molecule has 7 nitrogen and oxygen atoms in total. The molecule has 8 heteroatoms. The van der Waals surface area contributed by atoms with Crippen LogP contribution in [0.15, 0.2) is 42.5 Å². The highest BCUT2D eigenvalue weighted by molar-refractivity contribution is 6.31. The number of anilines is 1. The van der Waals surface area contributed by atoms with Gasteiger partial charge in [-0.2, -0.15) is 0 Å². The number of para-hydroxylation sites is 1. The number of imidazole rings is 1. The van der Waals surface area contributed by atoms with Crippen LogP contribution in [0.2, 0.25) is 5.02 Å². The van der Waals surface area contributed by atoms with Gasteiger partial charge in [0.25, 0.3) is 5.91 Å². The normalized spacial score (nSPS) is 16.0. The van der Waals surface area contributed by atoms with Crippen molar-refractivity contribution < 1.29 is 9.59 Å². The van der Waals surface area contributed by atoms with Crippen LogP contribution in [0.4, 0.5) is 5.69 Å². The number of carbonyl (C=O) groups excluding carboxylic acids is 2. The van der Waals surface area contributed by atoms with Gasteiger partial charge in [0.05, 0.1) is 11.0 Å². The molecule has 2 amide bonds. The molecular formula is C24H28ClN5O2. The number of rotatable bonds is 1. The zero-order chi connectivity index (χ0) is 22.8. The predicted octanol–water partition coefficient (Wildman–Crippen LogP) is 3.56. The largest absolute Gasteiger partial charge is 0.330 e. The van der Waals surface area contributed by atoms with Crippen molar-refractivity contribution in [2.45, 2.75) is 19.9 Å². The molecule has 0 unspecified atom stereocenters. The second-order valence-electron chi connectivity index (χ2n) is 8.31. The summed E-state index contributed by atoms with van der Waals surface area (Å²) >= 11 is 6.13. The van der Waals surface area contributed by atoms with E-state index in [1.165, 1.54) is 0 Å². The van der Waals surface area contributed by atoms with E-state index in [0.717, 1.165) is 36.3 Å². The molecule has 0 aliphatic carbocycles. The third kappa shape index (κ3) is 4.49. The summed E-state index contributed by atoms with van der Waals surface area (Å²) in [6.45, 7) is 4.79. The van der Waals surface area contributed by atoms with Crippen LogP contribution in [0.25, 0.3) is 11.0 Å². The molecule has 1 aliphatic rings. The molecule has 0 saturated carbocycles. The fourth-order valence-corrected chi connectivity index (χ4v) is 4.39. The van der Waals surface area contributed by atoms with E-state index in [1.54, 1.807) is 19.1 Å². The molecule has 0 bridgehead atoms. The molecule has 0 radical (unpaired) electrons. The van der Waals surface area contributed by atoms with Gasteiger partial charge >= 0.3 is 0 Å². The van der Waals surface area contributed by atoms with Crippen LogP contribution in [-0.2, 0) is 18.4 Å². The van der Waals surface area contributed by atoms with E-state index in [9.17, 15) is 9.59 Å². The summed E-state index contributed by atoms with van der Waals surface area (Å²) < 4.78 is 1.82. The number of aryl methyl sites for hydroxylation is 1. The molecule has 0 N–H and O–H groups in total. The second kappa shape index (κ2) is 9.30. The number of hydrogen-bond acceptors (Lipinski definition) is 4. The average Bonchev–Trinajstić information content (AvgIpc) is 3.07. The van der Waals surface area contributed by atoms with Gasteiger partial charge in [0.1, 0.15) is 0 Å². The molecule has 4 rings (SSSR count). The monoisotopic (exact) mass is 453 g/mol. The SMILES string of the molecule is CC(=O)N1CCCN(C)CCN(C(=O)c2nc3cc(Cl)ccc3n2C)Cc2ccccc21. The highest BCUT2D eigenvalue weighted by atomic mass is 35.5. The third-order valence-electron chi connectivity index (χ3n) is 6.02. The Morgan fingerprint density at radius 2 is 1.78 bits per heavy atom. The number of carbonyl (C=O) groups is 2. The maximum absolute atomic E-state index is 13.7. The summed E-state index contributed by atoms with van der Waals surface area (Å²) in [5.74, 6) is 0.238. The van der Waals surface area contributed by atoms with Gasteiger partial charge in [-0.25, -0.2) is 4.98 Å². The van der Waals surface area contributed by atoms with Gasteiger partial charge in [-0.05, 0) is 49.8 Å². The van der Waals surface area contributed by atoms with Crippen molar-refractivity contribution in [1.29, 1.82) is 0 Å². The van der Waals surface area contributed by atoms with Crippen molar-refractivity contribution in [2.24, 2.45) is 7.05 Å². The molecule has 1 aromatic heterocycles. The van der Waals surface area contributed by atoms with Crippen LogP contribution in [0.5, 0.6) is 0 Å². The van der Waals surface area contributed by atoms with Crippen molar-refractivity contribution in [3.63, 3.8) is 0 Å². The van der Waals surface area contributed by atoms with Crippen molar-refractivity contribution in [3.8, 4) is 0 Å². The van der Waals surface area contributed by atoms with E-state index in [4.69, 9.17) is 11.6 Å². The Labute approximate surface area is 193 Å². The first-order valence-corrected chi connectivity index (χ1v) is 11.2. The number of benzene rings is 2. The van der Waals surface area contributed by atoms with Crippen molar-refractivity contribution in [3.05, 3.63) is 58.9 Å². The standard InChI is InChI=1S/C24H28ClN5O2/c1-17(31)30-12-6-11-27(2)13-14-29(16-18-7-4-5-8-21(18)30)24(32)23-26-20-15-19(25)9-10-22(20)28(23)3/h4-5,7-10,15H,6,11-14,16H2,1-3H3. The van der Waals surface area contributed by atoms with Gasteiger partial charge in [0, 0.05) is 50.9 Å². The van der Waals surface area contributed by atoms with Crippen molar-refractivity contribution in [2.75, 3.05) is 38.1 Å². The van der Waals surface area contributed by atoms with Crippen LogP contribution < -0.4 is 4.90 Å². The number of nitrogens with zero attached hydrogens (tertiary/aromatic N) is 5. The first-order valence-electron chi connectivity index (χ1n) is 10.8. The van der Waals surface area contributed by atoms with Gasteiger partial charge in [0.2, 0.25) is 5.91 Å². The van der Waals surface area contributed by atoms with Crippen LogP contribution in [0.1, 0.15) is 29.5 Å². The van der Waals surface area contributed by atoms with Gasteiger partial charge in [-0.15, -0.1) is 0 Å². The fraction of sp³-hybridized carbons (Fsp3) is 0.375. The lowest BCUT2D eigenvalue weighted by atomic mass is 10.1. The predicted molar refractivity (Wildman–Crippen MR) is 127 cm³/mol. The smallest absolute Gasteiger partial charge is 0.290 e. The maximum Gasteiger partial charge on any atom is 0.290 e. The lowest BCUT2D eigenvalue weighted by molar-refractivity contribution is -0.116. The first kappa shape index (κ1) is 22.3. The number of aromatic nitrogens is 2. The Bertz CT molecular complexity index is 1160. The molecule has 3 aromatic rings. The van der Waals surface area contributed by atoms with Crippen LogP contribution >= 0.6 is 11.6 Å². The fourth-order valence-electron chi connectivity index (χ4n) is 4.22. The number of halogens is 1. The molecule has 0 saturated heterocycles. The summed E-state index contributed by atoms with van der Waals surface area (Å²) in [6.07, 6.45) is 0.865. The summed E-state index contributed by atoms with van der Waals surface area (Å²) in [5, 5.41) is 0.588. The minimum Gasteiger partial charge on any atom is -0.330 e. The Morgan fingerprint density at radius 3 is 2.56 bits per heavy atom. The highest BCUT2D eigenvalue weighted by Gasteiger charge is 2.25. The molecule has 32 heavy (non-hydrogen) atoms. The van der Waals surface area contributed by atoms with E-state index in [-0.39, 0.29) is 11.8 Å². The van der Waals surface area contributed by atoms with E-state index >= 15 is 0 Å². The minimum atomic E-state index is -0.142. The average molecular weight is 454 g/mol. The Balaban J connectivity index is 1.73. The summed E-state index contributed by atoms with van der Waals surface area (Å²) in [6, 6.07) is 13.3. The quantitative estimate of drug-likeness (QED) is 0.565. The van der Waals surface area contributed by atoms with Crippen LogP contribution in [0.3, 0.4) is 0 Å². The Hall–Kier alpha value is -2.90. The molecule has 2 heterocycles. The molecule has 168 valence electrons. The van der Waals surface area contributed by atoms with E-state index in [1.807, 2.05) is 58.8 Å². The zero-order valence-corrected chi connectivity index (χ0v) is 19.5. The van der Waals surface area contributed by atoms with Crippen LogP contribution in [-0.4, -0.2) is 64.4 Å². The van der Waals surface area contributed by atoms with Gasteiger partial charge < -0.3 is 19.3 Å². The summed E-state index contributed by atoms with van der Waals surface area (Å²) in [7, 11) is 3.89. The van der Waals surface area contributed by atoms with Crippen molar-refractivity contribution >= 4 is 40.1 Å². The van der Waals surface area contributed by atoms with Gasteiger partial charge in [-0.3, -0.25) is 9.59 Å². The Kier molecular flexibility index (Phi) is 6.48. The van der Waals surface area contributed by atoms with E-state index < -0.39 is 0 Å². The number of hydrogen-bond donors (Lipinski definition) is 0. The van der Waals surface area contributed by atoms with E-state index in [2.05, 4.69) is 9.88 Å². The number of likely N-dealkylation sites (N-methyl/N-ethyl adjacent to an activating group) is 1. The molecule has 0 spiro atoms. The number of fused-ring (bicyclic) bond motifs is 2. The lowest BCUT2D eigenvalue weighted by Crippen LogP contribution is -2.38. The third-order valence-corrected chi connectivity index (χ3v) is 6.25. The van der Waals surface area contributed by atoms with Crippen molar-refractivity contribution in [1.82, 2.24) is 19.4 Å². The molecular weight excluding hydrogens is 426 g/mol. The van der Waals surface area contributed by atoms with Gasteiger partial charge in [0.15, 0.2) is 5.82 Å². The molecule has 1 aliphatic heterocycles. The maximum atomic E-state index is 13.7. The Morgan fingerprint density at radius 1 is 1.00 bits per heavy atom.